The zero-order chi connectivity index (χ0) is 16.0. The van der Waals surface area contributed by atoms with E-state index in [1.54, 1.807) is 0 Å². The third-order valence-corrected chi connectivity index (χ3v) is 6.13. The van der Waals surface area contributed by atoms with Crippen molar-refractivity contribution in [2.24, 2.45) is 5.92 Å². The van der Waals surface area contributed by atoms with Gasteiger partial charge in [-0.05, 0) is 38.3 Å². The first-order chi connectivity index (χ1) is 10.4. The van der Waals surface area contributed by atoms with Gasteiger partial charge in [-0.2, -0.15) is 0 Å². The van der Waals surface area contributed by atoms with E-state index >= 15 is 0 Å². The van der Waals surface area contributed by atoms with E-state index in [-0.39, 0.29) is 30.0 Å². The number of sulfone groups is 1. The fraction of sp³-hybridized carbons (Fsp3) is 0.929. The van der Waals surface area contributed by atoms with Gasteiger partial charge < -0.3 is 20.6 Å². The monoisotopic (exact) mass is 333 g/mol. The summed E-state index contributed by atoms with van der Waals surface area (Å²) < 4.78 is 22.6. The van der Waals surface area contributed by atoms with Gasteiger partial charge in [0.05, 0.1) is 17.6 Å². The largest absolute Gasteiger partial charge is 0.390 e. The third kappa shape index (κ3) is 6.10. The van der Waals surface area contributed by atoms with Gasteiger partial charge in [0.25, 0.3) is 0 Å². The van der Waals surface area contributed by atoms with E-state index in [9.17, 15) is 18.3 Å². The Hall–Kier alpha value is -0.860. The Kier molecular flexibility index (Phi) is 6.46. The number of aliphatic hydroxyl groups is 1. The molecular weight excluding hydrogens is 306 g/mol. The number of nitrogens with zero attached hydrogens (tertiary/aromatic N) is 1. The van der Waals surface area contributed by atoms with Crippen LogP contribution in [0.3, 0.4) is 0 Å². The fourth-order valence-corrected chi connectivity index (χ4v) is 4.91. The molecule has 2 aliphatic rings. The number of rotatable bonds is 6. The molecule has 3 N–H and O–H groups in total. The number of β-amino-alcohol motifs (C(OH)–C–C–N with tert-alkyl or cyclic N) is 1. The Bertz CT molecular complexity index is 463. The summed E-state index contributed by atoms with van der Waals surface area (Å²) in [6.45, 7) is 3.19. The number of hydrogen-bond donors (Lipinski definition) is 3. The summed E-state index contributed by atoms with van der Waals surface area (Å²) in [6, 6.07) is -0.345. The maximum absolute atomic E-state index is 11.7. The van der Waals surface area contributed by atoms with Crippen molar-refractivity contribution in [2.45, 2.75) is 31.8 Å². The highest BCUT2D eigenvalue weighted by atomic mass is 32.2. The summed E-state index contributed by atoms with van der Waals surface area (Å²) in [5.41, 5.74) is 0. The lowest BCUT2D eigenvalue weighted by Crippen LogP contribution is -2.45. The summed E-state index contributed by atoms with van der Waals surface area (Å²) in [5, 5.41) is 15.3. The molecule has 2 amide bonds. The van der Waals surface area contributed by atoms with Crippen LogP contribution in [0.5, 0.6) is 0 Å². The molecular formula is C14H27N3O4S. The average Bonchev–Trinajstić information content (AvgIpc) is 2.83. The van der Waals surface area contributed by atoms with Crippen molar-refractivity contribution in [3.05, 3.63) is 0 Å². The van der Waals surface area contributed by atoms with Crippen LogP contribution < -0.4 is 10.6 Å². The number of hydrogen-bond acceptors (Lipinski definition) is 5. The molecule has 22 heavy (non-hydrogen) atoms. The molecule has 7 nitrogen and oxygen atoms in total. The maximum atomic E-state index is 11.7. The van der Waals surface area contributed by atoms with E-state index < -0.39 is 15.9 Å². The molecule has 0 radical (unpaired) electrons. The normalized spacial score (nSPS) is 26.5. The molecule has 2 fully saturated rings. The fourth-order valence-electron chi connectivity index (χ4n) is 3.05. The smallest absolute Gasteiger partial charge is 0.314 e. The van der Waals surface area contributed by atoms with Crippen LogP contribution in [0.1, 0.15) is 25.7 Å². The molecule has 0 saturated carbocycles. The van der Waals surface area contributed by atoms with Crippen LogP contribution in [-0.2, 0) is 9.84 Å². The number of carbonyl (C=O) groups is 1. The Balaban J connectivity index is 1.57. The first-order valence-corrected chi connectivity index (χ1v) is 9.89. The highest BCUT2D eigenvalue weighted by molar-refractivity contribution is 7.91. The molecule has 2 rings (SSSR count). The second-order valence-corrected chi connectivity index (χ2v) is 8.60. The quantitative estimate of drug-likeness (QED) is 0.612. The minimum Gasteiger partial charge on any atom is -0.390 e. The van der Waals surface area contributed by atoms with Gasteiger partial charge in [-0.1, -0.05) is 6.42 Å². The van der Waals surface area contributed by atoms with E-state index in [1.807, 2.05) is 0 Å². The summed E-state index contributed by atoms with van der Waals surface area (Å²) in [6.07, 6.45) is 3.64. The van der Waals surface area contributed by atoms with Crippen molar-refractivity contribution in [2.75, 3.05) is 44.2 Å². The van der Waals surface area contributed by atoms with E-state index in [1.165, 1.54) is 19.3 Å². The zero-order valence-corrected chi connectivity index (χ0v) is 13.8. The summed E-state index contributed by atoms with van der Waals surface area (Å²) in [5.74, 6) is 0.384. The van der Waals surface area contributed by atoms with Gasteiger partial charge in [0.2, 0.25) is 0 Å². The van der Waals surface area contributed by atoms with Gasteiger partial charge in [-0.15, -0.1) is 0 Å². The van der Waals surface area contributed by atoms with Crippen molar-refractivity contribution in [1.29, 1.82) is 0 Å². The molecule has 0 unspecified atom stereocenters. The van der Waals surface area contributed by atoms with Crippen molar-refractivity contribution >= 4 is 15.9 Å². The van der Waals surface area contributed by atoms with Gasteiger partial charge in [-0.25, -0.2) is 13.2 Å². The SMILES string of the molecule is O=C(NC[C@H](O)CN1CCCCC1)NC[C@H]1CCS(=O)(=O)C1. The van der Waals surface area contributed by atoms with Crippen LogP contribution in [0.25, 0.3) is 0 Å². The Morgan fingerprint density at radius 2 is 1.95 bits per heavy atom. The minimum atomic E-state index is -2.90. The van der Waals surface area contributed by atoms with Gasteiger partial charge >= 0.3 is 6.03 Å². The lowest BCUT2D eigenvalue weighted by molar-refractivity contribution is 0.101. The lowest BCUT2D eigenvalue weighted by Gasteiger charge is -2.28. The van der Waals surface area contributed by atoms with Crippen LogP contribution >= 0.6 is 0 Å². The highest BCUT2D eigenvalue weighted by Gasteiger charge is 2.27. The molecule has 0 aliphatic carbocycles. The minimum absolute atomic E-state index is 0.00836. The number of nitrogens with one attached hydrogen (secondary N) is 2. The van der Waals surface area contributed by atoms with Gasteiger partial charge in [0.15, 0.2) is 9.84 Å². The van der Waals surface area contributed by atoms with Crippen molar-refractivity contribution in [1.82, 2.24) is 15.5 Å². The number of aliphatic hydroxyl groups excluding tert-OH is 1. The maximum Gasteiger partial charge on any atom is 0.314 e. The molecule has 2 atom stereocenters. The number of likely N-dealkylation sites (tertiary alicyclic amines) is 1. The molecule has 0 aromatic rings. The van der Waals surface area contributed by atoms with Gasteiger partial charge in [0.1, 0.15) is 0 Å². The van der Waals surface area contributed by atoms with Gasteiger partial charge in [-0.3, -0.25) is 0 Å². The first-order valence-electron chi connectivity index (χ1n) is 8.07. The van der Waals surface area contributed by atoms with Crippen molar-refractivity contribution < 1.29 is 18.3 Å². The van der Waals surface area contributed by atoms with Crippen LogP contribution in [0.15, 0.2) is 0 Å². The topological polar surface area (TPSA) is 98.7 Å². The molecule has 2 saturated heterocycles. The molecule has 0 spiro atoms. The van der Waals surface area contributed by atoms with Crippen LogP contribution in [0, 0.1) is 5.92 Å². The Morgan fingerprint density at radius 3 is 2.59 bits per heavy atom. The lowest BCUT2D eigenvalue weighted by atomic mass is 10.1. The number of amides is 2. The van der Waals surface area contributed by atoms with Crippen molar-refractivity contribution in [3.8, 4) is 0 Å². The molecule has 8 heteroatoms. The molecule has 0 aromatic heterocycles. The number of piperidine rings is 1. The van der Waals surface area contributed by atoms with E-state index in [4.69, 9.17) is 0 Å². The van der Waals surface area contributed by atoms with E-state index in [0.717, 1.165) is 13.1 Å². The van der Waals surface area contributed by atoms with Crippen molar-refractivity contribution in [3.63, 3.8) is 0 Å². The van der Waals surface area contributed by atoms with E-state index in [0.29, 0.717) is 19.5 Å². The second kappa shape index (κ2) is 8.12. The predicted octanol–water partition coefficient (Wildman–Crippen LogP) is -0.433. The summed E-state index contributed by atoms with van der Waals surface area (Å²) >= 11 is 0. The summed E-state index contributed by atoms with van der Waals surface area (Å²) in [4.78, 5) is 13.9. The number of carbonyl (C=O) groups excluding carboxylic acids is 1. The molecule has 2 heterocycles. The number of urea groups is 1. The molecule has 0 aromatic carbocycles. The van der Waals surface area contributed by atoms with Crippen LogP contribution in [0.2, 0.25) is 0 Å². The Labute approximate surface area is 132 Å². The van der Waals surface area contributed by atoms with Crippen LogP contribution in [0.4, 0.5) is 4.79 Å². The highest BCUT2D eigenvalue weighted by Crippen LogP contribution is 2.17. The summed E-state index contributed by atoms with van der Waals surface area (Å²) in [7, 11) is -2.90. The van der Waals surface area contributed by atoms with Gasteiger partial charge in [0, 0.05) is 19.6 Å². The standard InChI is InChI=1S/C14H27N3O4S/c18-13(10-17-5-2-1-3-6-17)9-16-14(19)15-8-12-4-7-22(20,21)11-12/h12-13,18H,1-11H2,(H2,15,16,19)/t12-,13+/m1/s1. The predicted molar refractivity (Wildman–Crippen MR) is 84.5 cm³/mol. The first kappa shape index (κ1) is 17.5. The third-order valence-electron chi connectivity index (χ3n) is 4.29. The zero-order valence-electron chi connectivity index (χ0n) is 13.0. The van der Waals surface area contributed by atoms with E-state index in [2.05, 4.69) is 15.5 Å². The second-order valence-electron chi connectivity index (χ2n) is 6.38. The average molecular weight is 333 g/mol. The molecule has 0 bridgehead atoms. The molecule has 128 valence electrons. The Morgan fingerprint density at radius 1 is 1.23 bits per heavy atom. The van der Waals surface area contributed by atoms with Crippen LogP contribution in [-0.4, -0.2) is 74.8 Å². The molecule has 2 aliphatic heterocycles.